The molecule has 0 aliphatic carbocycles. The fourth-order valence-electron chi connectivity index (χ4n) is 3.57. The fraction of sp³-hybridized carbons (Fsp3) is 0.217. The molecule has 0 bridgehead atoms. The second-order valence-corrected chi connectivity index (χ2v) is 9.24. The van der Waals surface area contributed by atoms with Crippen molar-refractivity contribution in [3.05, 3.63) is 77.0 Å². The molecule has 1 aromatic heterocycles. The maximum absolute atomic E-state index is 13.3. The van der Waals surface area contributed by atoms with E-state index in [9.17, 15) is 14.4 Å². The molecule has 2 heterocycles. The van der Waals surface area contributed by atoms with Crippen molar-refractivity contribution in [1.82, 2.24) is 14.5 Å². The molecule has 1 aliphatic rings. The monoisotopic (exact) mass is 512 g/mol. The molecular formula is C23H21BrN4O3S. The number of imidazole rings is 1. The number of carbonyl (C=O) groups is 3. The third-order valence-electron chi connectivity index (χ3n) is 5.20. The molecule has 0 saturated carbocycles. The van der Waals surface area contributed by atoms with Gasteiger partial charge in [-0.25, -0.2) is 9.88 Å². The third-order valence-corrected chi connectivity index (χ3v) is 6.77. The number of hydrogen-bond acceptors (Lipinski definition) is 5. The van der Waals surface area contributed by atoms with E-state index in [-0.39, 0.29) is 36.4 Å². The summed E-state index contributed by atoms with van der Waals surface area (Å²) < 4.78 is 2.68. The third kappa shape index (κ3) is 4.78. The van der Waals surface area contributed by atoms with Crippen molar-refractivity contribution in [1.29, 1.82) is 0 Å². The molecule has 0 N–H and O–H groups in total. The maximum Gasteiger partial charge on any atom is 0.257 e. The van der Waals surface area contributed by atoms with E-state index in [2.05, 4.69) is 20.9 Å². The summed E-state index contributed by atoms with van der Waals surface area (Å²) in [6.07, 6.45) is 3.44. The van der Waals surface area contributed by atoms with Gasteiger partial charge in [-0.05, 0) is 29.8 Å². The first kappa shape index (κ1) is 22.3. The number of aromatic nitrogens is 2. The molecule has 1 aliphatic heterocycles. The second-order valence-electron chi connectivity index (χ2n) is 7.38. The first-order chi connectivity index (χ1) is 15.4. The Morgan fingerprint density at radius 1 is 1.16 bits per heavy atom. The van der Waals surface area contributed by atoms with Gasteiger partial charge in [0.1, 0.15) is 6.04 Å². The van der Waals surface area contributed by atoms with Crippen molar-refractivity contribution in [2.24, 2.45) is 7.05 Å². The van der Waals surface area contributed by atoms with Crippen LogP contribution >= 0.6 is 27.7 Å². The largest absolute Gasteiger partial charge is 0.329 e. The van der Waals surface area contributed by atoms with Gasteiger partial charge >= 0.3 is 0 Å². The quantitative estimate of drug-likeness (QED) is 0.356. The first-order valence-corrected chi connectivity index (χ1v) is 11.8. The van der Waals surface area contributed by atoms with E-state index in [1.54, 1.807) is 30.5 Å². The standard InChI is InChI=1S/C23H21BrN4O3S/c1-26-12-11-25-23(26)32-15-21(30)27(14-16-5-3-2-4-6-16)19-13-20(29)28(22(19)31)18-9-7-17(24)8-10-18/h2-12,19H,13-15H2,1H3. The van der Waals surface area contributed by atoms with E-state index in [0.717, 1.165) is 10.0 Å². The topological polar surface area (TPSA) is 75.5 Å². The van der Waals surface area contributed by atoms with Crippen LogP contribution in [0, 0.1) is 0 Å². The number of anilines is 1. The summed E-state index contributed by atoms with van der Waals surface area (Å²) in [6, 6.07) is 15.6. The molecule has 1 atom stereocenters. The zero-order valence-corrected chi connectivity index (χ0v) is 19.8. The van der Waals surface area contributed by atoms with Gasteiger partial charge in [-0.3, -0.25) is 14.4 Å². The van der Waals surface area contributed by atoms with E-state index in [1.807, 2.05) is 48.1 Å². The van der Waals surface area contributed by atoms with Crippen LogP contribution in [-0.2, 0) is 28.0 Å². The van der Waals surface area contributed by atoms with Crippen LogP contribution in [0.2, 0.25) is 0 Å². The maximum atomic E-state index is 13.3. The van der Waals surface area contributed by atoms with Gasteiger partial charge in [0.2, 0.25) is 11.8 Å². The lowest BCUT2D eigenvalue weighted by atomic mass is 10.1. The number of benzene rings is 2. The molecule has 1 unspecified atom stereocenters. The number of imide groups is 1. The molecule has 1 fully saturated rings. The number of carbonyl (C=O) groups excluding carboxylic acids is 3. The molecule has 9 heteroatoms. The normalized spacial score (nSPS) is 15.9. The van der Waals surface area contributed by atoms with E-state index < -0.39 is 6.04 Å². The molecular weight excluding hydrogens is 492 g/mol. The Balaban J connectivity index is 1.58. The van der Waals surface area contributed by atoms with Crippen LogP contribution in [0.3, 0.4) is 0 Å². The molecule has 1 saturated heterocycles. The van der Waals surface area contributed by atoms with E-state index in [1.165, 1.54) is 21.6 Å². The number of rotatable bonds is 7. The Labute approximate surface area is 198 Å². The highest BCUT2D eigenvalue weighted by Gasteiger charge is 2.44. The zero-order valence-electron chi connectivity index (χ0n) is 17.3. The number of halogens is 1. The molecule has 2 aromatic carbocycles. The molecule has 3 aromatic rings. The number of hydrogen-bond donors (Lipinski definition) is 0. The number of thioether (sulfide) groups is 1. The minimum absolute atomic E-state index is 0.0411. The van der Waals surface area contributed by atoms with Crippen molar-refractivity contribution >= 4 is 51.1 Å². The lowest BCUT2D eigenvalue weighted by molar-refractivity contribution is -0.136. The molecule has 3 amide bonds. The van der Waals surface area contributed by atoms with Crippen molar-refractivity contribution in [2.75, 3.05) is 10.7 Å². The summed E-state index contributed by atoms with van der Waals surface area (Å²) in [7, 11) is 1.86. The Kier molecular flexibility index (Phi) is 6.76. The first-order valence-electron chi connectivity index (χ1n) is 10.00. The van der Waals surface area contributed by atoms with E-state index in [4.69, 9.17) is 0 Å². The Morgan fingerprint density at radius 3 is 2.53 bits per heavy atom. The van der Waals surface area contributed by atoms with Gasteiger partial charge in [0.25, 0.3) is 5.91 Å². The van der Waals surface area contributed by atoms with E-state index in [0.29, 0.717) is 10.8 Å². The predicted molar refractivity (Wildman–Crippen MR) is 126 cm³/mol. The van der Waals surface area contributed by atoms with Crippen LogP contribution < -0.4 is 4.90 Å². The molecule has 4 rings (SSSR count). The van der Waals surface area contributed by atoms with Gasteiger partial charge in [0.05, 0.1) is 17.9 Å². The fourth-order valence-corrected chi connectivity index (χ4v) is 4.66. The summed E-state index contributed by atoms with van der Waals surface area (Å²) in [5.74, 6) is -0.798. The lowest BCUT2D eigenvalue weighted by Gasteiger charge is -2.27. The zero-order chi connectivity index (χ0) is 22.7. The SMILES string of the molecule is Cn1ccnc1SCC(=O)N(Cc1ccccc1)C1CC(=O)N(c2ccc(Br)cc2)C1=O. The van der Waals surface area contributed by atoms with Gasteiger partial charge in [-0.2, -0.15) is 0 Å². The highest BCUT2D eigenvalue weighted by molar-refractivity contribution is 9.10. The van der Waals surface area contributed by atoms with Crippen LogP contribution in [0.25, 0.3) is 0 Å². The summed E-state index contributed by atoms with van der Waals surface area (Å²) in [5, 5.41) is 0.711. The van der Waals surface area contributed by atoms with Gasteiger partial charge in [0.15, 0.2) is 5.16 Å². The highest BCUT2D eigenvalue weighted by atomic mass is 79.9. The summed E-state index contributed by atoms with van der Waals surface area (Å²) in [6.45, 7) is 0.249. The minimum Gasteiger partial charge on any atom is -0.329 e. The minimum atomic E-state index is -0.846. The van der Waals surface area contributed by atoms with Crippen LogP contribution in [0.1, 0.15) is 12.0 Å². The summed E-state index contributed by atoms with van der Waals surface area (Å²) >= 11 is 4.67. The van der Waals surface area contributed by atoms with E-state index >= 15 is 0 Å². The highest BCUT2D eigenvalue weighted by Crippen LogP contribution is 2.28. The lowest BCUT2D eigenvalue weighted by Crippen LogP contribution is -2.45. The van der Waals surface area contributed by atoms with Crippen LogP contribution in [-0.4, -0.2) is 44.0 Å². The Hall–Kier alpha value is -2.91. The predicted octanol–water partition coefficient (Wildman–Crippen LogP) is 3.64. The number of aryl methyl sites for hydroxylation is 1. The number of amides is 3. The molecule has 0 radical (unpaired) electrons. The van der Waals surface area contributed by atoms with Crippen LogP contribution in [0.15, 0.2) is 76.6 Å². The molecule has 32 heavy (non-hydrogen) atoms. The Morgan fingerprint density at radius 2 is 1.88 bits per heavy atom. The number of nitrogens with zero attached hydrogens (tertiary/aromatic N) is 4. The van der Waals surface area contributed by atoms with Crippen molar-refractivity contribution < 1.29 is 14.4 Å². The van der Waals surface area contributed by atoms with Crippen molar-refractivity contribution in [3.63, 3.8) is 0 Å². The molecule has 7 nitrogen and oxygen atoms in total. The molecule has 164 valence electrons. The van der Waals surface area contributed by atoms with Crippen molar-refractivity contribution in [3.8, 4) is 0 Å². The van der Waals surface area contributed by atoms with Crippen LogP contribution in [0.4, 0.5) is 5.69 Å². The van der Waals surface area contributed by atoms with Crippen molar-refractivity contribution in [2.45, 2.75) is 24.2 Å². The smallest absolute Gasteiger partial charge is 0.257 e. The van der Waals surface area contributed by atoms with Crippen LogP contribution in [0.5, 0.6) is 0 Å². The summed E-state index contributed by atoms with van der Waals surface area (Å²) in [4.78, 5) is 46.3. The van der Waals surface area contributed by atoms with Gasteiger partial charge in [-0.1, -0.05) is 58.0 Å². The molecule has 0 spiro atoms. The summed E-state index contributed by atoms with van der Waals surface area (Å²) in [5.41, 5.74) is 1.39. The average Bonchev–Trinajstić information content (AvgIpc) is 3.33. The van der Waals surface area contributed by atoms with Gasteiger partial charge in [-0.15, -0.1) is 0 Å². The van der Waals surface area contributed by atoms with Gasteiger partial charge < -0.3 is 9.47 Å². The second kappa shape index (κ2) is 9.70. The Bertz CT molecular complexity index is 1130. The van der Waals surface area contributed by atoms with Gasteiger partial charge in [0, 0.05) is 30.5 Å². The average molecular weight is 513 g/mol.